The molecule has 0 aliphatic carbocycles. The standard InChI is InChI=1S/C21H23N3O4S/c1-14-5-7-17(8-6-14)24-16(3)21(15(2)23-24)22-20(25)13-28-18-9-11-19(12-10-18)29(4,26)27/h5-12H,13H2,1-4H3,(H,22,25). The largest absolute Gasteiger partial charge is 0.484 e. The molecule has 152 valence electrons. The molecule has 0 fully saturated rings. The fourth-order valence-electron chi connectivity index (χ4n) is 2.87. The fourth-order valence-corrected chi connectivity index (χ4v) is 3.50. The molecule has 3 aromatic rings. The van der Waals surface area contributed by atoms with E-state index in [9.17, 15) is 13.2 Å². The van der Waals surface area contributed by atoms with Crippen LogP contribution in [0.25, 0.3) is 5.69 Å². The Morgan fingerprint density at radius 2 is 1.66 bits per heavy atom. The van der Waals surface area contributed by atoms with Crippen LogP contribution in [0.5, 0.6) is 5.75 Å². The maximum Gasteiger partial charge on any atom is 0.262 e. The summed E-state index contributed by atoms with van der Waals surface area (Å²) in [5, 5.41) is 7.36. The lowest BCUT2D eigenvalue weighted by Crippen LogP contribution is -2.21. The second-order valence-corrected chi connectivity index (χ2v) is 8.89. The van der Waals surface area contributed by atoms with E-state index in [-0.39, 0.29) is 17.4 Å². The quantitative estimate of drug-likeness (QED) is 0.670. The van der Waals surface area contributed by atoms with Crippen LogP contribution in [0, 0.1) is 20.8 Å². The summed E-state index contributed by atoms with van der Waals surface area (Å²) in [6.45, 7) is 5.54. The van der Waals surface area contributed by atoms with E-state index >= 15 is 0 Å². The molecule has 0 bridgehead atoms. The van der Waals surface area contributed by atoms with E-state index in [1.165, 1.54) is 24.3 Å². The van der Waals surface area contributed by atoms with Crippen molar-refractivity contribution in [3.8, 4) is 11.4 Å². The van der Waals surface area contributed by atoms with E-state index in [1.807, 2.05) is 45.0 Å². The zero-order valence-electron chi connectivity index (χ0n) is 16.8. The van der Waals surface area contributed by atoms with Crippen LogP contribution in [0.2, 0.25) is 0 Å². The van der Waals surface area contributed by atoms with Gasteiger partial charge in [-0.15, -0.1) is 0 Å². The lowest BCUT2D eigenvalue weighted by Gasteiger charge is -2.09. The number of aromatic nitrogens is 2. The molecule has 0 unspecified atom stereocenters. The van der Waals surface area contributed by atoms with Crippen molar-refractivity contribution in [3.63, 3.8) is 0 Å². The fraction of sp³-hybridized carbons (Fsp3) is 0.238. The van der Waals surface area contributed by atoms with Crippen LogP contribution in [0.4, 0.5) is 5.69 Å². The van der Waals surface area contributed by atoms with Crippen LogP contribution in [-0.4, -0.2) is 37.0 Å². The number of carbonyl (C=O) groups is 1. The number of anilines is 1. The second kappa shape index (κ2) is 8.08. The molecular formula is C21H23N3O4S. The lowest BCUT2D eigenvalue weighted by atomic mass is 10.2. The summed E-state index contributed by atoms with van der Waals surface area (Å²) in [5.74, 6) is 0.0863. The Morgan fingerprint density at radius 3 is 2.24 bits per heavy atom. The predicted octanol–water partition coefficient (Wildman–Crippen LogP) is 3.22. The summed E-state index contributed by atoms with van der Waals surface area (Å²) in [6, 6.07) is 13.9. The van der Waals surface area contributed by atoms with Crippen molar-refractivity contribution >= 4 is 21.4 Å². The Morgan fingerprint density at radius 1 is 1.03 bits per heavy atom. The zero-order valence-corrected chi connectivity index (χ0v) is 17.6. The van der Waals surface area contributed by atoms with Crippen molar-refractivity contribution in [1.82, 2.24) is 9.78 Å². The molecule has 0 saturated carbocycles. The highest BCUT2D eigenvalue weighted by Gasteiger charge is 2.16. The van der Waals surface area contributed by atoms with Gasteiger partial charge in [0.2, 0.25) is 0 Å². The van der Waals surface area contributed by atoms with Gasteiger partial charge in [0.05, 0.1) is 27.7 Å². The molecule has 8 heteroatoms. The summed E-state index contributed by atoms with van der Waals surface area (Å²) in [4.78, 5) is 12.5. The maximum absolute atomic E-state index is 12.3. The second-order valence-electron chi connectivity index (χ2n) is 6.87. The Balaban J connectivity index is 1.67. The highest BCUT2D eigenvalue weighted by molar-refractivity contribution is 7.90. The Labute approximate surface area is 170 Å². The van der Waals surface area contributed by atoms with Crippen LogP contribution >= 0.6 is 0 Å². The first-order valence-electron chi connectivity index (χ1n) is 9.01. The number of rotatable bonds is 6. The molecular weight excluding hydrogens is 390 g/mol. The Hall–Kier alpha value is -3.13. The van der Waals surface area contributed by atoms with Gasteiger partial charge < -0.3 is 10.1 Å². The molecule has 1 aromatic heterocycles. The average molecular weight is 413 g/mol. The molecule has 0 saturated heterocycles. The van der Waals surface area contributed by atoms with Gasteiger partial charge in [-0.05, 0) is 57.2 Å². The first kappa shape index (κ1) is 20.6. The van der Waals surface area contributed by atoms with Gasteiger partial charge in [-0.25, -0.2) is 13.1 Å². The summed E-state index contributed by atoms with van der Waals surface area (Å²) >= 11 is 0. The van der Waals surface area contributed by atoms with E-state index < -0.39 is 9.84 Å². The summed E-state index contributed by atoms with van der Waals surface area (Å²) in [7, 11) is -3.27. The molecule has 1 heterocycles. The van der Waals surface area contributed by atoms with Gasteiger partial charge >= 0.3 is 0 Å². The number of sulfone groups is 1. The smallest absolute Gasteiger partial charge is 0.262 e. The van der Waals surface area contributed by atoms with E-state index in [0.717, 1.165) is 23.2 Å². The SMILES string of the molecule is Cc1ccc(-n2nc(C)c(NC(=O)COc3ccc(S(C)(=O)=O)cc3)c2C)cc1. The van der Waals surface area contributed by atoms with Crippen LogP contribution in [-0.2, 0) is 14.6 Å². The van der Waals surface area contributed by atoms with E-state index in [2.05, 4.69) is 10.4 Å². The normalized spacial score (nSPS) is 11.3. The van der Waals surface area contributed by atoms with Crippen molar-refractivity contribution < 1.29 is 17.9 Å². The summed E-state index contributed by atoms with van der Waals surface area (Å²) < 4.78 is 30.2. The highest BCUT2D eigenvalue weighted by atomic mass is 32.2. The molecule has 0 spiro atoms. The number of hydrogen-bond donors (Lipinski definition) is 1. The van der Waals surface area contributed by atoms with Crippen molar-refractivity contribution in [2.75, 3.05) is 18.2 Å². The minimum atomic E-state index is -3.27. The minimum Gasteiger partial charge on any atom is -0.484 e. The molecule has 29 heavy (non-hydrogen) atoms. The van der Waals surface area contributed by atoms with Crippen molar-refractivity contribution in [2.45, 2.75) is 25.7 Å². The number of nitrogens with one attached hydrogen (secondary N) is 1. The lowest BCUT2D eigenvalue weighted by molar-refractivity contribution is -0.118. The molecule has 2 aromatic carbocycles. The van der Waals surface area contributed by atoms with Crippen molar-refractivity contribution in [1.29, 1.82) is 0 Å². The minimum absolute atomic E-state index is 0.198. The Bertz CT molecular complexity index is 1130. The number of aryl methyl sites for hydroxylation is 2. The van der Waals surface area contributed by atoms with Crippen molar-refractivity contribution in [3.05, 3.63) is 65.5 Å². The van der Waals surface area contributed by atoms with Crippen LogP contribution in [0.15, 0.2) is 53.4 Å². The summed E-state index contributed by atoms with van der Waals surface area (Å²) in [5.41, 5.74) is 4.24. The topological polar surface area (TPSA) is 90.3 Å². The molecule has 3 rings (SSSR count). The number of benzene rings is 2. The summed E-state index contributed by atoms with van der Waals surface area (Å²) in [6.07, 6.45) is 1.14. The van der Waals surface area contributed by atoms with E-state index in [4.69, 9.17) is 4.74 Å². The molecule has 7 nitrogen and oxygen atoms in total. The third kappa shape index (κ3) is 4.83. The average Bonchev–Trinajstić information content (AvgIpc) is 2.95. The van der Waals surface area contributed by atoms with Gasteiger partial charge in [-0.3, -0.25) is 4.79 Å². The third-order valence-corrected chi connectivity index (χ3v) is 5.58. The van der Waals surface area contributed by atoms with Crippen molar-refractivity contribution in [2.24, 2.45) is 0 Å². The van der Waals surface area contributed by atoms with Gasteiger partial charge in [-0.1, -0.05) is 17.7 Å². The first-order valence-corrected chi connectivity index (χ1v) is 10.9. The van der Waals surface area contributed by atoms with Gasteiger partial charge in [0.25, 0.3) is 5.91 Å². The third-order valence-electron chi connectivity index (χ3n) is 4.46. The molecule has 0 aliphatic heterocycles. The van der Waals surface area contributed by atoms with Crippen LogP contribution in [0.3, 0.4) is 0 Å². The van der Waals surface area contributed by atoms with E-state index in [1.54, 1.807) is 4.68 Å². The predicted molar refractivity (Wildman–Crippen MR) is 111 cm³/mol. The monoisotopic (exact) mass is 413 g/mol. The first-order chi connectivity index (χ1) is 13.6. The molecule has 0 aliphatic rings. The van der Waals surface area contributed by atoms with Gasteiger partial charge in [0, 0.05) is 6.26 Å². The molecule has 0 radical (unpaired) electrons. The zero-order chi connectivity index (χ0) is 21.2. The number of nitrogens with zero attached hydrogens (tertiary/aromatic N) is 2. The molecule has 0 atom stereocenters. The van der Waals surface area contributed by atoms with Gasteiger partial charge in [0.15, 0.2) is 16.4 Å². The number of hydrogen-bond acceptors (Lipinski definition) is 5. The maximum atomic E-state index is 12.3. The highest BCUT2D eigenvalue weighted by Crippen LogP contribution is 2.23. The Kier molecular flexibility index (Phi) is 5.74. The number of carbonyl (C=O) groups excluding carboxylic acids is 1. The van der Waals surface area contributed by atoms with Gasteiger partial charge in [-0.2, -0.15) is 5.10 Å². The van der Waals surface area contributed by atoms with Gasteiger partial charge in [0.1, 0.15) is 5.75 Å². The number of amides is 1. The van der Waals surface area contributed by atoms with Crippen LogP contribution < -0.4 is 10.1 Å². The van der Waals surface area contributed by atoms with Crippen LogP contribution in [0.1, 0.15) is 17.0 Å². The number of ether oxygens (including phenoxy) is 1. The molecule has 1 amide bonds. The van der Waals surface area contributed by atoms with E-state index in [0.29, 0.717) is 17.1 Å². The molecule has 1 N–H and O–H groups in total.